The molecular weight excluding hydrogens is 515 g/mol. The summed E-state index contributed by atoms with van der Waals surface area (Å²) in [5.41, 5.74) is 1.39. The number of hydrogen-bond donors (Lipinski definition) is 2. The number of amides is 1. The third kappa shape index (κ3) is 5.65. The summed E-state index contributed by atoms with van der Waals surface area (Å²) in [5, 5.41) is 12.6. The molecule has 1 saturated heterocycles. The van der Waals surface area contributed by atoms with Gasteiger partial charge in [0.1, 0.15) is 18.3 Å². The molecule has 3 heterocycles. The van der Waals surface area contributed by atoms with Crippen LogP contribution in [0.2, 0.25) is 18.1 Å². The van der Waals surface area contributed by atoms with Gasteiger partial charge in [-0.3, -0.25) is 9.20 Å². The SMILES string of the molecule is CC(C)(C)[Si](C)(C)OC1[C@@H](O[P+](=O)[O-])[C@@H](CO)O[C@H]1c1cnc2c(NC(=O)c3ccccc3)nccn12. The first-order valence-corrected chi connectivity index (χ1v) is 15.9. The first-order valence-electron chi connectivity index (χ1n) is 11.9. The second-order valence-electron chi connectivity index (χ2n) is 10.4. The molecule has 1 aromatic carbocycles. The highest BCUT2D eigenvalue weighted by Gasteiger charge is 2.54. The van der Waals surface area contributed by atoms with E-state index in [1.807, 2.05) is 19.2 Å². The fourth-order valence-corrected chi connectivity index (χ4v) is 5.74. The number of anilines is 1. The number of benzene rings is 1. The van der Waals surface area contributed by atoms with Crippen molar-refractivity contribution in [1.82, 2.24) is 14.4 Å². The molecule has 13 heteroatoms. The van der Waals surface area contributed by atoms with Gasteiger partial charge in [0.15, 0.2) is 25.9 Å². The van der Waals surface area contributed by atoms with Crippen LogP contribution in [0.25, 0.3) is 5.65 Å². The molecule has 4 rings (SSSR count). The lowest BCUT2D eigenvalue weighted by molar-refractivity contribution is -0.193. The lowest BCUT2D eigenvalue weighted by Crippen LogP contribution is -2.48. The summed E-state index contributed by atoms with van der Waals surface area (Å²) in [6.07, 6.45) is 1.13. The minimum atomic E-state index is -3.22. The number of aliphatic hydroxyl groups excluding tert-OH is 1. The zero-order valence-electron chi connectivity index (χ0n) is 21.3. The van der Waals surface area contributed by atoms with Crippen LogP contribution in [0.3, 0.4) is 0 Å². The van der Waals surface area contributed by atoms with Gasteiger partial charge in [0.05, 0.1) is 18.5 Å². The molecule has 1 aliphatic rings. The van der Waals surface area contributed by atoms with Gasteiger partial charge in [0.25, 0.3) is 5.91 Å². The van der Waals surface area contributed by atoms with Crippen LogP contribution in [0.5, 0.6) is 0 Å². The fourth-order valence-electron chi connectivity index (χ4n) is 3.99. The lowest BCUT2D eigenvalue weighted by atomic mass is 10.1. The summed E-state index contributed by atoms with van der Waals surface area (Å²) in [6, 6.07) is 8.74. The van der Waals surface area contributed by atoms with Gasteiger partial charge >= 0.3 is 8.25 Å². The maximum atomic E-state index is 12.7. The molecular formula is C24H31N4O7PSi. The van der Waals surface area contributed by atoms with E-state index in [0.717, 1.165) is 0 Å². The highest BCUT2D eigenvalue weighted by molar-refractivity contribution is 7.30. The molecule has 37 heavy (non-hydrogen) atoms. The summed E-state index contributed by atoms with van der Waals surface area (Å²) in [5.74, 6) is -0.0910. The molecule has 0 bridgehead atoms. The average molecular weight is 547 g/mol. The Morgan fingerprint density at radius 1 is 1.24 bits per heavy atom. The van der Waals surface area contributed by atoms with E-state index in [1.165, 1.54) is 6.20 Å². The van der Waals surface area contributed by atoms with Crippen molar-refractivity contribution in [2.45, 2.75) is 63.3 Å². The number of fused-ring (bicyclic) bond motifs is 1. The van der Waals surface area contributed by atoms with Crippen molar-refractivity contribution in [2.24, 2.45) is 0 Å². The standard InChI is InChI=1S/C24H31N4O7PSi/c1-24(2,3)37(4,5)35-20-18(33-17(14-29)19(20)34-36(31)32)16-13-26-22-21(25-11-12-28(16)22)27-23(30)15-9-7-6-8-10-15/h6-13,17-20,29H,14H2,1-5H3,(H,25,27,30)/t17-,18+,19+,20?/m1/s1. The van der Waals surface area contributed by atoms with E-state index in [0.29, 0.717) is 16.9 Å². The molecule has 0 aliphatic carbocycles. The number of carbonyl (C=O) groups excluding carboxylic acids is 1. The number of hydrogen-bond acceptors (Lipinski definition) is 9. The number of rotatable bonds is 8. The average Bonchev–Trinajstić information content (AvgIpc) is 3.40. The Bertz CT molecular complexity index is 1280. The van der Waals surface area contributed by atoms with E-state index < -0.39 is 47.6 Å². The summed E-state index contributed by atoms with van der Waals surface area (Å²) in [7, 11) is -5.66. The summed E-state index contributed by atoms with van der Waals surface area (Å²) < 4.78 is 31.2. The van der Waals surface area contributed by atoms with Gasteiger partial charge in [-0.15, -0.1) is 4.52 Å². The van der Waals surface area contributed by atoms with Gasteiger partial charge in [-0.1, -0.05) is 39.0 Å². The van der Waals surface area contributed by atoms with Gasteiger partial charge in [-0.2, -0.15) is 0 Å². The molecule has 5 atom stereocenters. The maximum absolute atomic E-state index is 12.7. The van der Waals surface area contributed by atoms with Gasteiger partial charge in [-0.05, 0) is 34.8 Å². The Labute approximate surface area is 216 Å². The van der Waals surface area contributed by atoms with Crippen LogP contribution in [0.4, 0.5) is 5.82 Å². The van der Waals surface area contributed by atoms with Gasteiger partial charge in [0, 0.05) is 18.0 Å². The molecule has 0 saturated carbocycles. The van der Waals surface area contributed by atoms with Crippen LogP contribution in [0.1, 0.15) is 42.9 Å². The third-order valence-electron chi connectivity index (χ3n) is 6.95. The van der Waals surface area contributed by atoms with Crippen LogP contribution < -0.4 is 10.2 Å². The summed E-state index contributed by atoms with van der Waals surface area (Å²) in [4.78, 5) is 33.0. The second kappa shape index (κ2) is 10.7. The summed E-state index contributed by atoms with van der Waals surface area (Å²) >= 11 is 0. The third-order valence-corrected chi connectivity index (χ3v) is 11.8. The minimum Gasteiger partial charge on any atom is -0.566 e. The maximum Gasteiger partial charge on any atom is 0.488 e. The number of imidazole rings is 1. The van der Waals surface area contributed by atoms with E-state index in [4.69, 9.17) is 13.7 Å². The van der Waals surface area contributed by atoms with E-state index in [1.54, 1.807) is 41.1 Å². The van der Waals surface area contributed by atoms with Gasteiger partial charge in [0.2, 0.25) is 0 Å². The molecule has 3 aromatic rings. The predicted molar refractivity (Wildman–Crippen MR) is 137 cm³/mol. The number of ether oxygens (including phenoxy) is 1. The Hall–Kier alpha value is -2.57. The Kier molecular flexibility index (Phi) is 7.91. The normalized spacial score (nSPS) is 22.8. The topological polar surface area (TPSA) is 147 Å². The summed E-state index contributed by atoms with van der Waals surface area (Å²) in [6.45, 7) is 9.83. The molecule has 0 radical (unpaired) electrons. The zero-order chi connectivity index (χ0) is 27.0. The monoisotopic (exact) mass is 546 g/mol. The first-order chi connectivity index (χ1) is 17.4. The molecule has 2 unspecified atom stereocenters. The number of carbonyl (C=O) groups is 1. The molecule has 198 valence electrons. The molecule has 2 aromatic heterocycles. The van der Waals surface area contributed by atoms with Crippen molar-refractivity contribution in [2.75, 3.05) is 11.9 Å². The minimum absolute atomic E-state index is 0.183. The van der Waals surface area contributed by atoms with Crippen LogP contribution in [0.15, 0.2) is 48.9 Å². The van der Waals surface area contributed by atoms with Crippen molar-refractivity contribution < 1.29 is 33.0 Å². The van der Waals surface area contributed by atoms with Crippen LogP contribution in [-0.2, 0) is 18.3 Å². The highest BCUT2D eigenvalue weighted by atomic mass is 31.1. The van der Waals surface area contributed by atoms with Crippen LogP contribution >= 0.6 is 8.25 Å². The molecule has 2 N–H and O–H groups in total. The van der Waals surface area contributed by atoms with Crippen molar-refractivity contribution >= 4 is 33.9 Å². The van der Waals surface area contributed by atoms with Crippen molar-refractivity contribution in [3.63, 3.8) is 0 Å². The van der Waals surface area contributed by atoms with Crippen LogP contribution in [-0.4, -0.2) is 58.6 Å². The smallest absolute Gasteiger partial charge is 0.488 e. The molecule has 0 spiro atoms. The molecule has 11 nitrogen and oxygen atoms in total. The first kappa shape index (κ1) is 27.5. The number of aromatic nitrogens is 3. The van der Waals surface area contributed by atoms with E-state index in [-0.39, 0.29) is 16.8 Å². The van der Waals surface area contributed by atoms with Crippen molar-refractivity contribution in [1.29, 1.82) is 0 Å². The van der Waals surface area contributed by atoms with Crippen molar-refractivity contribution in [3.05, 3.63) is 60.2 Å². The number of aliphatic hydroxyl groups is 1. The van der Waals surface area contributed by atoms with E-state index >= 15 is 0 Å². The molecule has 1 fully saturated rings. The van der Waals surface area contributed by atoms with E-state index in [2.05, 4.69) is 36.1 Å². The van der Waals surface area contributed by atoms with E-state index in [9.17, 15) is 19.4 Å². The number of nitrogens with zero attached hydrogens (tertiary/aromatic N) is 3. The lowest BCUT2D eigenvalue weighted by Gasteiger charge is -2.40. The second-order valence-corrected chi connectivity index (χ2v) is 15.8. The Morgan fingerprint density at radius 2 is 1.95 bits per heavy atom. The quantitative estimate of drug-likeness (QED) is 0.321. The van der Waals surface area contributed by atoms with Crippen molar-refractivity contribution in [3.8, 4) is 0 Å². The predicted octanol–water partition coefficient (Wildman–Crippen LogP) is 3.21. The highest BCUT2D eigenvalue weighted by Crippen LogP contribution is 2.45. The Balaban J connectivity index is 1.72. The number of nitrogens with one attached hydrogen (secondary N) is 1. The Morgan fingerprint density at radius 3 is 2.57 bits per heavy atom. The van der Waals surface area contributed by atoms with Gasteiger partial charge in [-0.25, -0.2) is 9.97 Å². The largest absolute Gasteiger partial charge is 0.566 e. The zero-order valence-corrected chi connectivity index (χ0v) is 23.2. The molecule has 1 amide bonds. The van der Waals surface area contributed by atoms with Gasteiger partial charge < -0.3 is 24.5 Å². The van der Waals surface area contributed by atoms with Crippen LogP contribution in [0, 0.1) is 0 Å². The fraction of sp³-hybridized carbons (Fsp3) is 0.458. The molecule has 1 aliphatic heterocycles.